The minimum atomic E-state index is -0.394. The van der Waals surface area contributed by atoms with Crippen molar-refractivity contribution in [3.63, 3.8) is 0 Å². The maximum Gasteiger partial charge on any atom is 0.265 e. The number of aliphatic imine (C=N–C) groups is 1. The van der Waals surface area contributed by atoms with Crippen LogP contribution in [0, 0.1) is 0 Å². The van der Waals surface area contributed by atoms with Gasteiger partial charge in [0.05, 0.1) is 18.3 Å². The van der Waals surface area contributed by atoms with Gasteiger partial charge in [-0.3, -0.25) is 9.79 Å². The fourth-order valence-electron chi connectivity index (χ4n) is 3.44. The maximum absolute atomic E-state index is 12.5. The van der Waals surface area contributed by atoms with E-state index in [2.05, 4.69) is 28.6 Å². The molecular weight excluding hydrogens is 298 g/mol. The number of anilines is 1. The van der Waals surface area contributed by atoms with Gasteiger partial charge in [-0.05, 0) is 44.2 Å². The summed E-state index contributed by atoms with van der Waals surface area (Å²) in [6.45, 7) is 2.83. The first-order valence-corrected chi connectivity index (χ1v) is 8.50. The van der Waals surface area contributed by atoms with Gasteiger partial charge in [0.15, 0.2) is 0 Å². The number of carbonyl (C=O) groups is 1. The van der Waals surface area contributed by atoms with Crippen LogP contribution in [0.15, 0.2) is 16.6 Å². The molecule has 1 fully saturated rings. The molecule has 2 aliphatic heterocycles. The molecule has 1 aliphatic carbocycles. The Kier molecular flexibility index (Phi) is 3.13. The lowest BCUT2D eigenvalue weighted by Gasteiger charge is -2.43. The van der Waals surface area contributed by atoms with Gasteiger partial charge in [-0.25, -0.2) is 0 Å². The van der Waals surface area contributed by atoms with Gasteiger partial charge in [0.25, 0.3) is 5.91 Å². The second kappa shape index (κ2) is 4.93. The molecule has 1 aromatic heterocycles. The molecule has 22 heavy (non-hydrogen) atoms. The number of allylic oxidation sites excluding steroid dienone is 1. The van der Waals surface area contributed by atoms with Gasteiger partial charge in [-0.2, -0.15) is 0 Å². The molecule has 6 heteroatoms. The van der Waals surface area contributed by atoms with E-state index in [1.807, 2.05) is 6.21 Å². The molecule has 1 saturated carbocycles. The van der Waals surface area contributed by atoms with Crippen molar-refractivity contribution >= 4 is 34.7 Å². The van der Waals surface area contributed by atoms with Crippen LogP contribution in [0.1, 0.15) is 47.2 Å². The van der Waals surface area contributed by atoms with E-state index in [4.69, 9.17) is 0 Å². The van der Waals surface area contributed by atoms with Gasteiger partial charge in [0, 0.05) is 16.7 Å². The van der Waals surface area contributed by atoms with Crippen LogP contribution in [-0.2, 0) is 0 Å². The predicted octanol–water partition coefficient (Wildman–Crippen LogP) is 2.39. The summed E-state index contributed by atoms with van der Waals surface area (Å²) in [5.41, 5.74) is 2.91. The number of aliphatic hydroxyl groups is 1. The van der Waals surface area contributed by atoms with Crippen molar-refractivity contribution in [2.45, 2.75) is 44.4 Å². The zero-order chi connectivity index (χ0) is 15.3. The third-order valence-corrected chi connectivity index (χ3v) is 5.91. The first kappa shape index (κ1) is 14.0. The van der Waals surface area contributed by atoms with Crippen LogP contribution in [0.25, 0.3) is 5.57 Å². The molecule has 0 saturated heterocycles. The molecule has 3 heterocycles. The molecule has 0 aromatic carbocycles. The predicted molar refractivity (Wildman–Crippen MR) is 88.6 cm³/mol. The molecule has 1 amide bonds. The van der Waals surface area contributed by atoms with E-state index in [-0.39, 0.29) is 12.0 Å². The molecule has 3 N–H and O–H groups in total. The Labute approximate surface area is 133 Å². The van der Waals surface area contributed by atoms with E-state index in [9.17, 15) is 9.90 Å². The number of carbonyl (C=O) groups excluding carboxylic acids is 1. The Bertz CT molecular complexity index is 696. The van der Waals surface area contributed by atoms with Crippen molar-refractivity contribution in [3.05, 3.63) is 21.4 Å². The van der Waals surface area contributed by atoms with Crippen molar-refractivity contribution < 1.29 is 9.90 Å². The lowest BCUT2D eigenvalue weighted by molar-refractivity contribution is 0.0729. The Morgan fingerprint density at radius 2 is 2.14 bits per heavy atom. The normalized spacial score (nSPS) is 30.5. The van der Waals surface area contributed by atoms with Crippen LogP contribution in [0.3, 0.4) is 0 Å². The summed E-state index contributed by atoms with van der Waals surface area (Å²) in [5, 5.41) is 16.3. The highest BCUT2D eigenvalue weighted by atomic mass is 32.1. The first-order chi connectivity index (χ1) is 10.6. The van der Waals surface area contributed by atoms with Gasteiger partial charge in [0.1, 0.15) is 10.5 Å². The molecule has 116 valence electrons. The quantitative estimate of drug-likeness (QED) is 0.744. The average Bonchev–Trinajstić information content (AvgIpc) is 3.08. The topological polar surface area (TPSA) is 73.7 Å². The zero-order valence-corrected chi connectivity index (χ0v) is 13.3. The number of thiophene rings is 1. The number of rotatable bonds is 1. The third kappa shape index (κ3) is 2.18. The van der Waals surface area contributed by atoms with Crippen molar-refractivity contribution in [2.24, 2.45) is 4.99 Å². The number of nitrogens with one attached hydrogen (secondary N) is 2. The fraction of sp³-hybridized carbons (Fsp3) is 0.500. The summed E-state index contributed by atoms with van der Waals surface area (Å²) in [6.07, 6.45) is 4.61. The Morgan fingerprint density at radius 1 is 1.36 bits per heavy atom. The molecule has 0 unspecified atom stereocenters. The first-order valence-electron chi connectivity index (χ1n) is 7.69. The van der Waals surface area contributed by atoms with E-state index in [0.717, 1.165) is 53.2 Å². The van der Waals surface area contributed by atoms with Crippen molar-refractivity contribution in [1.29, 1.82) is 0 Å². The lowest BCUT2D eigenvalue weighted by atomic mass is 9.85. The van der Waals surface area contributed by atoms with Crippen molar-refractivity contribution in [2.75, 3.05) is 11.9 Å². The number of aliphatic hydroxyl groups excluding tert-OH is 1. The Morgan fingerprint density at radius 3 is 2.82 bits per heavy atom. The molecule has 0 bridgehead atoms. The highest BCUT2D eigenvalue weighted by Gasteiger charge is 2.41. The van der Waals surface area contributed by atoms with Gasteiger partial charge < -0.3 is 15.7 Å². The number of fused-ring (bicyclic) bond motifs is 1. The second-order valence-corrected chi connectivity index (χ2v) is 7.46. The average molecular weight is 317 g/mol. The summed E-state index contributed by atoms with van der Waals surface area (Å²) in [6, 6.07) is 2.07. The largest absolute Gasteiger partial charge is 0.393 e. The molecule has 3 aliphatic rings. The molecular formula is C16H19N3O2S. The number of nitrogens with zero attached hydrogens (tertiary/aromatic N) is 1. The smallest absolute Gasteiger partial charge is 0.265 e. The van der Waals surface area contributed by atoms with Crippen LogP contribution in [0.5, 0.6) is 0 Å². The van der Waals surface area contributed by atoms with Crippen LogP contribution < -0.4 is 10.6 Å². The van der Waals surface area contributed by atoms with Crippen LogP contribution in [0.2, 0.25) is 0 Å². The van der Waals surface area contributed by atoms with E-state index in [1.54, 1.807) is 0 Å². The molecule has 0 radical (unpaired) electrons. The van der Waals surface area contributed by atoms with E-state index in [1.165, 1.54) is 16.9 Å². The third-order valence-electron chi connectivity index (χ3n) is 4.75. The number of hydrogen-bond donors (Lipinski definition) is 3. The summed E-state index contributed by atoms with van der Waals surface area (Å²) < 4.78 is 0. The number of hydrogen-bond acceptors (Lipinski definition) is 5. The van der Waals surface area contributed by atoms with Crippen LogP contribution >= 0.6 is 11.3 Å². The minimum absolute atomic E-state index is 0.00502. The highest BCUT2D eigenvalue weighted by Crippen LogP contribution is 2.40. The van der Waals surface area contributed by atoms with Crippen molar-refractivity contribution in [3.8, 4) is 0 Å². The van der Waals surface area contributed by atoms with Crippen LogP contribution in [-0.4, -0.2) is 35.5 Å². The molecule has 5 nitrogen and oxygen atoms in total. The Hall–Kier alpha value is -1.66. The summed E-state index contributed by atoms with van der Waals surface area (Å²) in [7, 11) is 0. The fourth-order valence-corrected chi connectivity index (χ4v) is 4.53. The zero-order valence-electron chi connectivity index (χ0n) is 12.5. The lowest BCUT2D eigenvalue weighted by Crippen LogP contribution is -2.59. The standard InChI is InChI=1S/C16H19N3O2S/c1-9-7-17-8-11(9)13-6-12-14(22-13)15(21)19-16(18-12)4-2-10(20)3-5-16/h6,8,10,18,20H,2-5,7H2,1H3,(H,19,21). The van der Waals surface area contributed by atoms with Gasteiger partial charge >= 0.3 is 0 Å². The maximum atomic E-state index is 12.5. The van der Waals surface area contributed by atoms with Gasteiger partial charge in [0.2, 0.25) is 0 Å². The van der Waals surface area contributed by atoms with E-state index >= 15 is 0 Å². The molecule has 1 aromatic rings. The summed E-state index contributed by atoms with van der Waals surface area (Å²) in [4.78, 5) is 18.6. The van der Waals surface area contributed by atoms with Crippen LogP contribution in [0.4, 0.5) is 5.69 Å². The SMILES string of the molecule is CC1=C(c2cc3c(s2)C(=O)NC2(CCC(O)CC2)N3)C=NC1. The highest BCUT2D eigenvalue weighted by molar-refractivity contribution is 7.16. The molecule has 4 rings (SSSR count). The van der Waals surface area contributed by atoms with E-state index in [0.29, 0.717) is 0 Å². The van der Waals surface area contributed by atoms with Gasteiger partial charge in [-0.15, -0.1) is 11.3 Å². The second-order valence-electron chi connectivity index (χ2n) is 6.41. The number of amides is 1. The Balaban J connectivity index is 1.67. The van der Waals surface area contributed by atoms with Crippen molar-refractivity contribution in [1.82, 2.24) is 5.32 Å². The minimum Gasteiger partial charge on any atom is -0.393 e. The summed E-state index contributed by atoms with van der Waals surface area (Å²) in [5.74, 6) is -0.00502. The summed E-state index contributed by atoms with van der Waals surface area (Å²) >= 11 is 1.52. The van der Waals surface area contributed by atoms with Gasteiger partial charge in [-0.1, -0.05) is 0 Å². The molecule has 1 spiro atoms. The monoisotopic (exact) mass is 317 g/mol. The molecule has 0 atom stereocenters. The van der Waals surface area contributed by atoms with E-state index < -0.39 is 5.66 Å².